The molecule has 0 unspecified atom stereocenters. The molecule has 1 aliphatic heterocycles. The summed E-state index contributed by atoms with van der Waals surface area (Å²) in [5.41, 5.74) is 0. The van der Waals surface area contributed by atoms with E-state index in [1.807, 2.05) is 0 Å². The molecule has 10 heteroatoms. The monoisotopic (exact) mass is 325 g/mol. The van der Waals surface area contributed by atoms with Crippen molar-refractivity contribution in [1.29, 1.82) is 0 Å². The van der Waals surface area contributed by atoms with Crippen molar-refractivity contribution in [2.24, 2.45) is 0 Å². The molecule has 1 aromatic heterocycles. The second kappa shape index (κ2) is 6.61. The highest BCUT2D eigenvalue weighted by atomic mass is 35.5. The number of hydrogen-bond donors (Lipinski definition) is 0. The van der Waals surface area contributed by atoms with E-state index in [0.717, 1.165) is 0 Å². The van der Waals surface area contributed by atoms with Gasteiger partial charge >= 0.3 is 12.2 Å². The molecule has 1 aromatic rings. The topological polar surface area (TPSA) is 54.4 Å². The van der Waals surface area contributed by atoms with Gasteiger partial charge in [-0.3, -0.25) is 4.90 Å². The summed E-state index contributed by atoms with van der Waals surface area (Å²) in [7, 11) is 0. The molecule has 2 rings (SSSR count). The first-order valence-corrected chi connectivity index (χ1v) is 6.83. The number of rotatable bonds is 4. The minimum absolute atomic E-state index is 0.00108. The van der Waals surface area contributed by atoms with Crippen molar-refractivity contribution in [1.82, 2.24) is 19.9 Å². The van der Waals surface area contributed by atoms with Gasteiger partial charge in [-0.05, 0) is 18.5 Å². The molecule has 1 aliphatic rings. The van der Waals surface area contributed by atoms with Crippen molar-refractivity contribution in [2.45, 2.75) is 13.1 Å². The minimum atomic E-state index is -4.18. The highest BCUT2D eigenvalue weighted by Crippen LogP contribution is 2.20. The lowest BCUT2D eigenvalue weighted by atomic mass is 10.3. The van der Waals surface area contributed by atoms with Crippen LogP contribution in [0.25, 0.3) is 0 Å². The molecule has 0 aliphatic carbocycles. The first kappa shape index (κ1) is 16.0. The molecule has 0 amide bonds. The summed E-state index contributed by atoms with van der Waals surface area (Å²) in [6.07, 6.45) is -4.18. The average Bonchev–Trinajstić information content (AvgIpc) is 2.37. The van der Waals surface area contributed by atoms with Crippen molar-refractivity contribution in [3.8, 4) is 6.01 Å². The molecule has 1 saturated heterocycles. The third-order valence-electron chi connectivity index (χ3n) is 2.91. The van der Waals surface area contributed by atoms with Crippen LogP contribution in [0.5, 0.6) is 6.01 Å². The molecule has 0 atom stereocenters. The molecule has 0 saturated carbocycles. The van der Waals surface area contributed by atoms with Gasteiger partial charge in [-0.15, -0.1) is 0 Å². The predicted octanol–water partition coefficient (Wildman–Crippen LogP) is 1.61. The van der Waals surface area contributed by atoms with E-state index in [4.69, 9.17) is 16.3 Å². The predicted molar refractivity (Wildman–Crippen MR) is 70.7 cm³/mol. The van der Waals surface area contributed by atoms with Gasteiger partial charge in [0.1, 0.15) is 0 Å². The van der Waals surface area contributed by atoms with Gasteiger partial charge in [-0.1, -0.05) is 0 Å². The fourth-order valence-electron chi connectivity index (χ4n) is 2.02. The van der Waals surface area contributed by atoms with E-state index in [0.29, 0.717) is 25.6 Å². The standard InChI is InChI=1S/C11H15ClF3N5O/c1-2-21-10-17-8(12)16-9(18-10)20-5-3-19(4-6-20)7-11(13,14)15/h2-7H2,1H3. The summed E-state index contributed by atoms with van der Waals surface area (Å²) in [6, 6.07) is 0.116. The zero-order valence-corrected chi connectivity index (χ0v) is 12.2. The molecule has 21 heavy (non-hydrogen) atoms. The Bertz CT molecular complexity index is 479. The molecule has 0 aromatic carbocycles. The smallest absolute Gasteiger partial charge is 0.401 e. The van der Waals surface area contributed by atoms with Gasteiger partial charge in [0.15, 0.2) is 0 Å². The van der Waals surface area contributed by atoms with Crippen LogP contribution in [0.4, 0.5) is 19.1 Å². The fourth-order valence-corrected chi connectivity index (χ4v) is 2.16. The van der Waals surface area contributed by atoms with Crippen molar-refractivity contribution >= 4 is 17.5 Å². The van der Waals surface area contributed by atoms with E-state index in [2.05, 4.69) is 15.0 Å². The Balaban J connectivity index is 1.98. The summed E-state index contributed by atoms with van der Waals surface area (Å²) in [5.74, 6) is 0.324. The van der Waals surface area contributed by atoms with Gasteiger partial charge in [0.05, 0.1) is 13.2 Å². The molecular weight excluding hydrogens is 311 g/mol. The van der Waals surface area contributed by atoms with E-state index in [1.54, 1.807) is 11.8 Å². The molecule has 0 radical (unpaired) electrons. The van der Waals surface area contributed by atoms with Crippen molar-refractivity contribution in [2.75, 3.05) is 44.2 Å². The third kappa shape index (κ3) is 4.85. The quantitative estimate of drug-likeness (QED) is 0.838. The van der Waals surface area contributed by atoms with Crippen LogP contribution >= 0.6 is 11.6 Å². The first-order valence-electron chi connectivity index (χ1n) is 6.46. The maximum atomic E-state index is 12.3. The number of aromatic nitrogens is 3. The Morgan fingerprint density at radius 3 is 2.38 bits per heavy atom. The lowest BCUT2D eigenvalue weighted by Crippen LogP contribution is -2.49. The van der Waals surface area contributed by atoms with Gasteiger partial charge in [-0.25, -0.2) is 0 Å². The number of alkyl halides is 3. The van der Waals surface area contributed by atoms with Crippen LogP contribution in [0.3, 0.4) is 0 Å². The van der Waals surface area contributed by atoms with Gasteiger partial charge in [-0.2, -0.15) is 28.1 Å². The molecule has 0 spiro atoms. The van der Waals surface area contributed by atoms with Crippen molar-refractivity contribution < 1.29 is 17.9 Å². The fraction of sp³-hybridized carbons (Fsp3) is 0.727. The summed E-state index contributed by atoms with van der Waals surface area (Å²) in [6.45, 7) is 2.62. The number of hydrogen-bond acceptors (Lipinski definition) is 6. The largest absolute Gasteiger partial charge is 0.464 e. The third-order valence-corrected chi connectivity index (χ3v) is 3.08. The van der Waals surface area contributed by atoms with Gasteiger partial charge in [0, 0.05) is 26.2 Å². The molecule has 2 heterocycles. The maximum Gasteiger partial charge on any atom is 0.401 e. The lowest BCUT2D eigenvalue weighted by Gasteiger charge is -2.34. The summed E-state index contributed by atoms with van der Waals surface area (Å²) in [5, 5.41) is 0.00108. The van der Waals surface area contributed by atoms with Gasteiger partial charge in [0.25, 0.3) is 0 Å². The SMILES string of the molecule is CCOc1nc(Cl)nc(N2CCN(CC(F)(F)F)CC2)n1. The number of halogens is 4. The van der Waals surface area contributed by atoms with Crippen LogP contribution in [0.15, 0.2) is 0 Å². The Hall–Kier alpha value is -1.35. The van der Waals surface area contributed by atoms with Crippen molar-refractivity contribution in [3.05, 3.63) is 5.28 Å². The Labute approximate surface area is 124 Å². The Kier molecular flexibility index (Phi) is 5.04. The lowest BCUT2D eigenvalue weighted by molar-refractivity contribution is -0.146. The first-order chi connectivity index (χ1) is 9.87. The average molecular weight is 326 g/mol. The van der Waals surface area contributed by atoms with E-state index in [9.17, 15) is 13.2 Å². The van der Waals surface area contributed by atoms with Gasteiger partial charge < -0.3 is 9.64 Å². The van der Waals surface area contributed by atoms with Crippen molar-refractivity contribution in [3.63, 3.8) is 0 Å². The highest BCUT2D eigenvalue weighted by molar-refractivity contribution is 6.28. The Morgan fingerprint density at radius 2 is 1.81 bits per heavy atom. The number of piperazine rings is 1. The number of anilines is 1. The second-order valence-corrected chi connectivity index (χ2v) is 4.84. The van der Waals surface area contributed by atoms with Crippen LogP contribution in [0.2, 0.25) is 5.28 Å². The molecular formula is C11H15ClF3N5O. The summed E-state index contributed by atoms with van der Waals surface area (Å²) < 4.78 is 42.2. The number of ether oxygens (including phenoxy) is 1. The van der Waals surface area contributed by atoms with Crippen LogP contribution in [0.1, 0.15) is 6.92 Å². The van der Waals surface area contributed by atoms with E-state index >= 15 is 0 Å². The Morgan fingerprint density at radius 1 is 1.14 bits per heavy atom. The zero-order valence-electron chi connectivity index (χ0n) is 11.4. The van der Waals surface area contributed by atoms with Crippen LogP contribution in [-0.2, 0) is 0 Å². The van der Waals surface area contributed by atoms with Crippen LogP contribution < -0.4 is 9.64 Å². The van der Waals surface area contributed by atoms with Crippen LogP contribution in [-0.4, -0.2) is 65.4 Å². The maximum absolute atomic E-state index is 12.3. The molecule has 0 bridgehead atoms. The summed E-state index contributed by atoms with van der Waals surface area (Å²) >= 11 is 5.79. The van der Waals surface area contributed by atoms with Gasteiger partial charge in [0.2, 0.25) is 11.2 Å². The number of nitrogens with zero attached hydrogens (tertiary/aromatic N) is 5. The molecule has 1 fully saturated rings. The summed E-state index contributed by atoms with van der Waals surface area (Å²) in [4.78, 5) is 15.0. The normalized spacial score (nSPS) is 17.1. The molecule has 6 nitrogen and oxygen atoms in total. The minimum Gasteiger partial charge on any atom is -0.464 e. The zero-order chi connectivity index (χ0) is 15.5. The van der Waals surface area contributed by atoms with Crippen LogP contribution in [0, 0.1) is 0 Å². The molecule has 0 N–H and O–H groups in total. The van der Waals surface area contributed by atoms with E-state index in [-0.39, 0.29) is 24.4 Å². The highest BCUT2D eigenvalue weighted by Gasteiger charge is 2.32. The van der Waals surface area contributed by atoms with E-state index in [1.165, 1.54) is 4.90 Å². The van der Waals surface area contributed by atoms with E-state index < -0.39 is 12.7 Å². The molecule has 118 valence electrons. The second-order valence-electron chi connectivity index (χ2n) is 4.50.